The molecule has 1 aromatic carbocycles. The molecule has 0 radical (unpaired) electrons. The molecule has 1 heterocycles. The van der Waals surface area contributed by atoms with Gasteiger partial charge in [-0.1, -0.05) is 6.92 Å². The second-order valence-electron chi connectivity index (χ2n) is 5.03. The SMILES string of the molecule is CCCC(=O)OCC(=O)Nc1cc(C(F)(F)F)ccc1-n1cncn1. The van der Waals surface area contributed by atoms with Gasteiger partial charge in [-0.05, 0) is 24.6 Å². The number of ether oxygens (including phenoxy) is 1. The van der Waals surface area contributed by atoms with Crippen molar-refractivity contribution in [3.05, 3.63) is 36.4 Å². The maximum Gasteiger partial charge on any atom is 0.416 e. The summed E-state index contributed by atoms with van der Waals surface area (Å²) in [5.74, 6) is -1.32. The van der Waals surface area contributed by atoms with Crippen LogP contribution in [0.3, 0.4) is 0 Å². The lowest BCUT2D eigenvalue weighted by Crippen LogP contribution is -2.22. The second kappa shape index (κ2) is 7.77. The van der Waals surface area contributed by atoms with Gasteiger partial charge in [-0.15, -0.1) is 0 Å². The number of alkyl halides is 3. The zero-order valence-corrected chi connectivity index (χ0v) is 13.2. The minimum Gasteiger partial charge on any atom is -0.456 e. The zero-order chi connectivity index (χ0) is 18.4. The molecule has 0 fully saturated rings. The number of aromatic nitrogens is 3. The number of amides is 1. The van der Waals surface area contributed by atoms with E-state index in [0.29, 0.717) is 6.42 Å². The summed E-state index contributed by atoms with van der Waals surface area (Å²) in [5, 5.41) is 6.14. The first-order valence-electron chi connectivity index (χ1n) is 7.33. The van der Waals surface area contributed by atoms with Gasteiger partial charge in [-0.25, -0.2) is 9.67 Å². The normalized spacial score (nSPS) is 11.2. The minimum absolute atomic E-state index is 0.128. The number of nitrogens with one attached hydrogen (secondary N) is 1. The van der Waals surface area contributed by atoms with Crippen molar-refractivity contribution in [2.45, 2.75) is 25.9 Å². The number of benzene rings is 1. The van der Waals surface area contributed by atoms with Crippen LogP contribution in [0.4, 0.5) is 18.9 Å². The molecule has 0 aliphatic rings. The Morgan fingerprint density at radius 3 is 2.68 bits per heavy atom. The zero-order valence-electron chi connectivity index (χ0n) is 13.2. The summed E-state index contributed by atoms with van der Waals surface area (Å²) in [5.41, 5.74) is -0.870. The molecule has 0 saturated carbocycles. The molecule has 0 saturated heterocycles. The maximum atomic E-state index is 12.9. The Kier molecular flexibility index (Phi) is 5.73. The van der Waals surface area contributed by atoms with Gasteiger partial charge in [0.1, 0.15) is 12.7 Å². The Labute approximate surface area is 140 Å². The van der Waals surface area contributed by atoms with E-state index in [2.05, 4.69) is 15.4 Å². The number of hydrogen-bond donors (Lipinski definition) is 1. The van der Waals surface area contributed by atoms with Gasteiger partial charge in [0, 0.05) is 6.42 Å². The molecular weight excluding hydrogens is 341 g/mol. The molecule has 2 rings (SSSR count). The molecule has 0 spiro atoms. The first-order chi connectivity index (χ1) is 11.8. The van der Waals surface area contributed by atoms with Crippen molar-refractivity contribution >= 4 is 17.6 Å². The summed E-state index contributed by atoms with van der Waals surface area (Å²) in [7, 11) is 0. The molecule has 0 aliphatic heterocycles. The van der Waals surface area contributed by atoms with Crippen molar-refractivity contribution < 1.29 is 27.5 Å². The Morgan fingerprint density at radius 1 is 1.32 bits per heavy atom. The molecule has 0 unspecified atom stereocenters. The first-order valence-corrected chi connectivity index (χ1v) is 7.33. The van der Waals surface area contributed by atoms with Crippen LogP contribution in [0.1, 0.15) is 25.3 Å². The summed E-state index contributed by atoms with van der Waals surface area (Å²) in [6, 6.07) is 2.81. The van der Waals surface area contributed by atoms with Crippen LogP contribution < -0.4 is 5.32 Å². The van der Waals surface area contributed by atoms with E-state index in [1.807, 2.05) is 0 Å². The number of carbonyl (C=O) groups is 2. The molecule has 0 bridgehead atoms. The van der Waals surface area contributed by atoms with Gasteiger partial charge in [0.15, 0.2) is 6.61 Å². The van der Waals surface area contributed by atoms with Crippen LogP contribution in [0, 0.1) is 0 Å². The van der Waals surface area contributed by atoms with E-state index in [1.54, 1.807) is 6.92 Å². The molecule has 1 amide bonds. The lowest BCUT2D eigenvalue weighted by Gasteiger charge is -2.14. The summed E-state index contributed by atoms with van der Waals surface area (Å²) < 4.78 is 44.6. The number of rotatable bonds is 6. The van der Waals surface area contributed by atoms with E-state index in [-0.39, 0.29) is 17.8 Å². The lowest BCUT2D eigenvalue weighted by atomic mass is 10.1. The number of halogens is 3. The molecule has 25 heavy (non-hydrogen) atoms. The first kappa shape index (κ1) is 18.4. The van der Waals surface area contributed by atoms with E-state index < -0.39 is 30.2 Å². The Bertz CT molecular complexity index is 745. The van der Waals surface area contributed by atoms with Crippen molar-refractivity contribution in [2.75, 3.05) is 11.9 Å². The average Bonchev–Trinajstić information content (AvgIpc) is 3.06. The van der Waals surface area contributed by atoms with Crippen LogP contribution in [0.15, 0.2) is 30.9 Å². The molecule has 1 aromatic heterocycles. The standard InChI is InChI=1S/C15H15F3N4O3/c1-2-3-14(24)25-7-13(23)21-11-6-10(15(16,17)18)4-5-12(11)22-9-19-8-20-22/h4-6,8-9H,2-3,7H2,1H3,(H,21,23). The second-order valence-corrected chi connectivity index (χ2v) is 5.03. The quantitative estimate of drug-likeness (QED) is 0.804. The van der Waals surface area contributed by atoms with E-state index in [0.717, 1.165) is 18.2 Å². The Morgan fingerprint density at radius 2 is 2.08 bits per heavy atom. The summed E-state index contributed by atoms with van der Waals surface area (Å²) in [4.78, 5) is 26.9. The molecule has 134 valence electrons. The third kappa shape index (κ3) is 5.03. The molecule has 2 aromatic rings. The van der Waals surface area contributed by atoms with Crippen LogP contribution in [-0.2, 0) is 20.5 Å². The van der Waals surface area contributed by atoms with Crippen molar-refractivity contribution in [1.29, 1.82) is 0 Å². The van der Waals surface area contributed by atoms with Gasteiger partial charge in [-0.2, -0.15) is 18.3 Å². The fourth-order valence-corrected chi connectivity index (χ4v) is 1.95. The summed E-state index contributed by atoms with van der Waals surface area (Å²) >= 11 is 0. The third-order valence-electron chi connectivity index (χ3n) is 3.08. The fraction of sp³-hybridized carbons (Fsp3) is 0.333. The van der Waals surface area contributed by atoms with Crippen molar-refractivity contribution in [1.82, 2.24) is 14.8 Å². The number of anilines is 1. The van der Waals surface area contributed by atoms with Crippen LogP contribution in [0.5, 0.6) is 0 Å². The summed E-state index contributed by atoms with van der Waals surface area (Å²) in [6.45, 7) is 1.18. The maximum absolute atomic E-state index is 12.9. The van der Waals surface area contributed by atoms with E-state index >= 15 is 0 Å². The van der Waals surface area contributed by atoms with Crippen LogP contribution in [-0.4, -0.2) is 33.2 Å². The van der Waals surface area contributed by atoms with Gasteiger partial charge < -0.3 is 10.1 Å². The minimum atomic E-state index is -4.58. The number of hydrogen-bond acceptors (Lipinski definition) is 5. The van der Waals surface area contributed by atoms with Crippen LogP contribution in [0.2, 0.25) is 0 Å². The van der Waals surface area contributed by atoms with Gasteiger partial charge in [-0.3, -0.25) is 9.59 Å². The van der Waals surface area contributed by atoms with Gasteiger partial charge >= 0.3 is 12.1 Å². The van der Waals surface area contributed by atoms with E-state index in [1.165, 1.54) is 17.3 Å². The largest absolute Gasteiger partial charge is 0.456 e. The van der Waals surface area contributed by atoms with Gasteiger partial charge in [0.2, 0.25) is 0 Å². The van der Waals surface area contributed by atoms with Crippen LogP contribution in [0.25, 0.3) is 5.69 Å². The molecule has 0 atom stereocenters. The van der Waals surface area contributed by atoms with E-state index in [9.17, 15) is 22.8 Å². The smallest absolute Gasteiger partial charge is 0.416 e. The van der Waals surface area contributed by atoms with Crippen molar-refractivity contribution in [3.63, 3.8) is 0 Å². The molecule has 0 aliphatic carbocycles. The van der Waals surface area contributed by atoms with Crippen molar-refractivity contribution in [3.8, 4) is 5.69 Å². The summed E-state index contributed by atoms with van der Waals surface area (Å²) in [6.07, 6.45) is -1.38. The highest BCUT2D eigenvalue weighted by Gasteiger charge is 2.31. The topological polar surface area (TPSA) is 86.1 Å². The molecular formula is C15H15F3N4O3. The Hall–Kier alpha value is -2.91. The Balaban J connectivity index is 2.21. The average molecular weight is 356 g/mol. The molecule has 10 heteroatoms. The number of esters is 1. The highest BCUT2D eigenvalue weighted by atomic mass is 19.4. The number of carbonyl (C=O) groups excluding carboxylic acids is 2. The monoisotopic (exact) mass is 356 g/mol. The lowest BCUT2D eigenvalue weighted by molar-refractivity contribution is -0.147. The predicted molar refractivity (Wildman–Crippen MR) is 80.9 cm³/mol. The third-order valence-corrected chi connectivity index (χ3v) is 3.08. The fourth-order valence-electron chi connectivity index (χ4n) is 1.95. The van der Waals surface area contributed by atoms with Gasteiger partial charge in [0.05, 0.1) is 16.9 Å². The number of nitrogens with zero attached hydrogens (tertiary/aromatic N) is 3. The van der Waals surface area contributed by atoms with Crippen molar-refractivity contribution in [2.24, 2.45) is 0 Å². The van der Waals surface area contributed by atoms with E-state index in [4.69, 9.17) is 4.74 Å². The molecule has 1 N–H and O–H groups in total. The molecule has 7 nitrogen and oxygen atoms in total. The highest BCUT2D eigenvalue weighted by Crippen LogP contribution is 2.33. The van der Waals surface area contributed by atoms with Crippen LogP contribution >= 0.6 is 0 Å². The predicted octanol–water partition coefficient (Wildman–Crippen LogP) is 2.57. The highest BCUT2D eigenvalue weighted by molar-refractivity contribution is 5.94. The van der Waals surface area contributed by atoms with Gasteiger partial charge in [0.25, 0.3) is 5.91 Å².